The number of rotatable bonds is 2. The number of hydrogen-bond acceptors (Lipinski definition) is 3. The molecule has 0 saturated heterocycles. The molecule has 0 amide bonds. The lowest BCUT2D eigenvalue weighted by Gasteiger charge is -2.29. The second-order valence-electron chi connectivity index (χ2n) is 5.40. The number of carbonyl (C=O) groups is 1. The number of H-pyrrole nitrogens is 1. The first-order chi connectivity index (χ1) is 11.0. The highest BCUT2D eigenvalue weighted by molar-refractivity contribution is 7.80. The van der Waals surface area contributed by atoms with Gasteiger partial charge < -0.3 is 15.3 Å². The standard InChI is InChI=1S/C15H15ClN4O2S/c1-8-6-9(16)2-3-11(8)17-15(23)20-5-4-10-12(7-20)18-19-13(10)14(21)22/h2-3,6H,4-5,7H2,1H3,(H,17,23)(H,18,19)(H,21,22). The Morgan fingerprint density at radius 1 is 1.52 bits per heavy atom. The van der Waals surface area contributed by atoms with Crippen molar-refractivity contribution in [2.75, 3.05) is 11.9 Å². The molecule has 120 valence electrons. The summed E-state index contributed by atoms with van der Waals surface area (Å²) in [5, 5.41) is 20.3. The van der Waals surface area contributed by atoms with Crippen LogP contribution in [0.4, 0.5) is 5.69 Å². The van der Waals surface area contributed by atoms with Gasteiger partial charge in [-0.05, 0) is 49.3 Å². The van der Waals surface area contributed by atoms with E-state index in [1.807, 2.05) is 30.0 Å². The number of nitrogens with one attached hydrogen (secondary N) is 2. The molecule has 2 heterocycles. The minimum Gasteiger partial charge on any atom is -0.476 e. The molecule has 3 rings (SSSR count). The Balaban J connectivity index is 1.73. The van der Waals surface area contributed by atoms with Crippen molar-refractivity contribution < 1.29 is 9.90 Å². The molecular weight excluding hydrogens is 336 g/mol. The van der Waals surface area contributed by atoms with E-state index in [4.69, 9.17) is 28.9 Å². The summed E-state index contributed by atoms with van der Waals surface area (Å²) in [5.41, 5.74) is 3.57. The number of thiocarbonyl (C=S) groups is 1. The van der Waals surface area contributed by atoms with Crippen molar-refractivity contribution >= 4 is 40.6 Å². The molecule has 0 unspecified atom stereocenters. The lowest BCUT2D eigenvalue weighted by molar-refractivity contribution is 0.0689. The second-order valence-corrected chi connectivity index (χ2v) is 6.22. The van der Waals surface area contributed by atoms with E-state index < -0.39 is 5.97 Å². The van der Waals surface area contributed by atoms with Crippen molar-refractivity contribution in [2.45, 2.75) is 19.9 Å². The first kappa shape index (κ1) is 15.8. The normalized spacial score (nSPS) is 13.6. The molecule has 0 spiro atoms. The third-order valence-electron chi connectivity index (χ3n) is 3.85. The number of benzene rings is 1. The molecule has 0 radical (unpaired) electrons. The van der Waals surface area contributed by atoms with Crippen molar-refractivity contribution in [3.63, 3.8) is 0 Å². The lowest BCUT2D eigenvalue weighted by atomic mass is 10.0. The Morgan fingerprint density at radius 3 is 3.00 bits per heavy atom. The van der Waals surface area contributed by atoms with Crippen LogP contribution in [-0.4, -0.2) is 37.8 Å². The number of halogens is 1. The maximum atomic E-state index is 11.1. The lowest BCUT2D eigenvalue weighted by Crippen LogP contribution is -2.39. The van der Waals surface area contributed by atoms with Crippen molar-refractivity contribution in [3.8, 4) is 0 Å². The summed E-state index contributed by atoms with van der Waals surface area (Å²) in [6.45, 7) is 3.11. The van der Waals surface area contributed by atoms with Crippen LogP contribution >= 0.6 is 23.8 Å². The first-order valence-electron chi connectivity index (χ1n) is 7.07. The average Bonchev–Trinajstić information content (AvgIpc) is 2.93. The quantitative estimate of drug-likeness (QED) is 0.723. The van der Waals surface area contributed by atoms with Gasteiger partial charge in [0.25, 0.3) is 0 Å². The van der Waals surface area contributed by atoms with Crippen LogP contribution < -0.4 is 5.32 Å². The monoisotopic (exact) mass is 350 g/mol. The van der Waals surface area contributed by atoms with E-state index >= 15 is 0 Å². The second kappa shape index (κ2) is 6.17. The van der Waals surface area contributed by atoms with Crippen LogP contribution in [0.25, 0.3) is 0 Å². The summed E-state index contributed by atoms with van der Waals surface area (Å²) < 4.78 is 0. The maximum absolute atomic E-state index is 11.1. The number of aromatic nitrogens is 2. The van der Waals surface area contributed by atoms with Crippen molar-refractivity contribution in [1.29, 1.82) is 0 Å². The molecule has 1 aliphatic rings. The topological polar surface area (TPSA) is 81.2 Å². The Labute approximate surface area is 143 Å². The molecule has 0 fully saturated rings. The van der Waals surface area contributed by atoms with Gasteiger partial charge in [0.05, 0.1) is 12.2 Å². The summed E-state index contributed by atoms with van der Waals surface area (Å²) in [7, 11) is 0. The van der Waals surface area contributed by atoms with Gasteiger partial charge in [0.2, 0.25) is 0 Å². The third kappa shape index (κ3) is 3.16. The van der Waals surface area contributed by atoms with E-state index in [9.17, 15) is 4.79 Å². The van der Waals surface area contributed by atoms with Crippen molar-refractivity contribution in [2.24, 2.45) is 0 Å². The van der Waals surface area contributed by atoms with Gasteiger partial charge in [0.1, 0.15) is 0 Å². The fourth-order valence-corrected chi connectivity index (χ4v) is 3.12. The van der Waals surface area contributed by atoms with E-state index in [2.05, 4.69) is 15.5 Å². The zero-order chi connectivity index (χ0) is 16.6. The van der Waals surface area contributed by atoms with E-state index in [0.717, 1.165) is 22.5 Å². The molecular formula is C15H15ClN4O2S. The highest BCUT2D eigenvalue weighted by atomic mass is 35.5. The van der Waals surface area contributed by atoms with Crippen LogP contribution in [0.2, 0.25) is 5.02 Å². The minimum atomic E-state index is -1.01. The SMILES string of the molecule is Cc1cc(Cl)ccc1NC(=S)N1CCc2c(C(=O)O)n[nH]c2C1. The molecule has 8 heteroatoms. The van der Waals surface area contributed by atoms with Gasteiger partial charge in [-0.1, -0.05) is 11.6 Å². The molecule has 2 aromatic rings. The van der Waals surface area contributed by atoms with Crippen LogP contribution in [0.15, 0.2) is 18.2 Å². The molecule has 3 N–H and O–H groups in total. The van der Waals surface area contributed by atoms with E-state index in [-0.39, 0.29) is 5.69 Å². The summed E-state index contributed by atoms with van der Waals surface area (Å²) in [4.78, 5) is 13.1. The summed E-state index contributed by atoms with van der Waals surface area (Å²) in [6.07, 6.45) is 0.592. The van der Waals surface area contributed by atoms with Crippen molar-refractivity contribution in [1.82, 2.24) is 15.1 Å². The molecule has 0 aliphatic carbocycles. The largest absolute Gasteiger partial charge is 0.476 e. The van der Waals surface area contributed by atoms with Gasteiger partial charge in [-0.15, -0.1) is 0 Å². The number of nitrogens with zero attached hydrogens (tertiary/aromatic N) is 2. The zero-order valence-electron chi connectivity index (χ0n) is 12.4. The van der Waals surface area contributed by atoms with E-state index in [1.54, 1.807) is 0 Å². The summed E-state index contributed by atoms with van der Waals surface area (Å²) in [5.74, 6) is -1.01. The van der Waals surface area contributed by atoms with Gasteiger partial charge in [-0.25, -0.2) is 4.79 Å². The molecule has 1 aromatic carbocycles. The number of aromatic amines is 1. The molecule has 0 atom stereocenters. The smallest absolute Gasteiger partial charge is 0.356 e. The van der Waals surface area contributed by atoms with Crippen LogP contribution in [-0.2, 0) is 13.0 Å². The number of aromatic carboxylic acids is 1. The van der Waals surface area contributed by atoms with Crippen LogP contribution in [0.3, 0.4) is 0 Å². The van der Waals surface area contributed by atoms with Crippen LogP contribution in [0, 0.1) is 6.92 Å². The predicted octanol–water partition coefficient (Wildman–Crippen LogP) is 2.82. The Bertz CT molecular complexity index is 790. The highest BCUT2D eigenvalue weighted by Crippen LogP contribution is 2.23. The number of aryl methyl sites for hydroxylation is 1. The van der Waals surface area contributed by atoms with Gasteiger partial charge in [0.15, 0.2) is 10.8 Å². The van der Waals surface area contributed by atoms with Gasteiger partial charge >= 0.3 is 5.97 Å². The van der Waals surface area contributed by atoms with Gasteiger partial charge in [0, 0.05) is 22.8 Å². The fraction of sp³-hybridized carbons (Fsp3) is 0.267. The number of carboxylic acid groups (broad SMARTS) is 1. The fourth-order valence-electron chi connectivity index (χ4n) is 2.63. The van der Waals surface area contributed by atoms with E-state index in [1.165, 1.54) is 0 Å². The first-order valence-corrected chi connectivity index (χ1v) is 7.86. The molecule has 6 nitrogen and oxygen atoms in total. The molecule has 1 aromatic heterocycles. The summed E-state index contributed by atoms with van der Waals surface area (Å²) >= 11 is 11.4. The Kier molecular flexibility index (Phi) is 4.23. The number of carboxylic acids is 1. The maximum Gasteiger partial charge on any atom is 0.356 e. The van der Waals surface area contributed by atoms with Crippen LogP contribution in [0.1, 0.15) is 27.3 Å². The highest BCUT2D eigenvalue weighted by Gasteiger charge is 2.26. The number of anilines is 1. The predicted molar refractivity (Wildman–Crippen MR) is 92.1 cm³/mol. The average molecular weight is 351 g/mol. The third-order valence-corrected chi connectivity index (χ3v) is 4.45. The van der Waals surface area contributed by atoms with Gasteiger partial charge in [-0.3, -0.25) is 5.10 Å². The number of hydrogen-bond donors (Lipinski definition) is 3. The molecule has 23 heavy (non-hydrogen) atoms. The molecule has 0 saturated carbocycles. The minimum absolute atomic E-state index is 0.104. The molecule has 1 aliphatic heterocycles. The number of fused-ring (bicyclic) bond motifs is 1. The molecule has 0 bridgehead atoms. The zero-order valence-corrected chi connectivity index (χ0v) is 14.0. The van der Waals surface area contributed by atoms with Gasteiger partial charge in [-0.2, -0.15) is 5.10 Å². The van der Waals surface area contributed by atoms with Crippen LogP contribution in [0.5, 0.6) is 0 Å². The Morgan fingerprint density at radius 2 is 2.30 bits per heavy atom. The van der Waals surface area contributed by atoms with E-state index in [0.29, 0.717) is 29.6 Å². The summed E-state index contributed by atoms with van der Waals surface area (Å²) in [6, 6.07) is 5.56. The van der Waals surface area contributed by atoms with Crippen molar-refractivity contribution in [3.05, 3.63) is 45.7 Å². The Hall–Kier alpha value is -2.12.